The van der Waals surface area contributed by atoms with Crippen molar-refractivity contribution in [2.24, 2.45) is 0 Å². The number of halogens is 1. The van der Waals surface area contributed by atoms with Crippen molar-refractivity contribution in [1.82, 2.24) is 10.6 Å². The van der Waals surface area contributed by atoms with Crippen LogP contribution >= 0.6 is 12.4 Å². The molecule has 0 spiro atoms. The summed E-state index contributed by atoms with van der Waals surface area (Å²) in [6.07, 6.45) is 5.65. The van der Waals surface area contributed by atoms with Crippen molar-refractivity contribution in [2.75, 3.05) is 12.3 Å². The fourth-order valence-corrected chi connectivity index (χ4v) is 2.67. The third-order valence-electron chi connectivity index (χ3n) is 3.89. The second kappa shape index (κ2) is 8.63. The third-order valence-corrected chi connectivity index (χ3v) is 3.89. The highest BCUT2D eigenvalue weighted by molar-refractivity contribution is 5.98. The van der Waals surface area contributed by atoms with Gasteiger partial charge in [0.1, 0.15) is 0 Å². The van der Waals surface area contributed by atoms with E-state index in [9.17, 15) is 9.59 Å². The second-order valence-corrected chi connectivity index (χ2v) is 5.66. The largest absolute Gasteiger partial charge is 0.399 e. The fourth-order valence-electron chi connectivity index (χ4n) is 2.67. The third kappa shape index (κ3) is 5.22. The molecule has 0 radical (unpaired) electrons. The molecule has 0 saturated heterocycles. The monoisotopic (exact) mass is 325 g/mol. The Kier molecular flexibility index (Phi) is 7.18. The number of aryl methyl sites for hydroxylation is 1. The number of carbonyl (C=O) groups is 2. The van der Waals surface area contributed by atoms with Gasteiger partial charge in [0, 0.05) is 17.3 Å². The lowest BCUT2D eigenvalue weighted by Crippen LogP contribution is -2.42. The van der Waals surface area contributed by atoms with E-state index in [1.54, 1.807) is 18.2 Å². The molecule has 1 aliphatic carbocycles. The summed E-state index contributed by atoms with van der Waals surface area (Å²) in [7, 11) is 0. The van der Waals surface area contributed by atoms with Gasteiger partial charge < -0.3 is 16.4 Å². The molecule has 2 rings (SSSR count). The van der Waals surface area contributed by atoms with Crippen LogP contribution in [-0.2, 0) is 4.79 Å². The van der Waals surface area contributed by atoms with E-state index < -0.39 is 0 Å². The number of hydrogen-bond acceptors (Lipinski definition) is 3. The molecule has 1 aliphatic rings. The van der Waals surface area contributed by atoms with E-state index >= 15 is 0 Å². The summed E-state index contributed by atoms with van der Waals surface area (Å²) in [5.41, 5.74) is 7.58. The topological polar surface area (TPSA) is 84.2 Å². The van der Waals surface area contributed by atoms with Crippen LogP contribution in [0, 0.1) is 6.92 Å². The Morgan fingerprint density at radius 1 is 1.23 bits per heavy atom. The van der Waals surface area contributed by atoms with Gasteiger partial charge in [-0.2, -0.15) is 0 Å². The van der Waals surface area contributed by atoms with E-state index in [1.807, 2.05) is 6.92 Å². The quantitative estimate of drug-likeness (QED) is 0.742. The van der Waals surface area contributed by atoms with Crippen LogP contribution in [0.15, 0.2) is 18.2 Å². The lowest BCUT2D eigenvalue weighted by molar-refractivity contribution is -0.121. The Labute approximate surface area is 137 Å². The first-order valence-electron chi connectivity index (χ1n) is 7.50. The predicted octanol–water partition coefficient (Wildman–Crippen LogP) is 2.18. The Morgan fingerprint density at radius 3 is 2.59 bits per heavy atom. The highest BCUT2D eigenvalue weighted by Crippen LogP contribution is 2.17. The lowest BCUT2D eigenvalue weighted by atomic mass is 9.95. The molecule has 5 nitrogen and oxygen atoms in total. The van der Waals surface area contributed by atoms with Crippen molar-refractivity contribution >= 4 is 29.9 Å². The van der Waals surface area contributed by atoms with Gasteiger partial charge in [0.05, 0.1) is 6.54 Å². The number of rotatable bonds is 4. The number of amides is 2. The first kappa shape index (κ1) is 18.3. The SMILES string of the molecule is Cc1ccc(N)cc1C(=O)NCC(=O)NC1CCCCC1.Cl. The van der Waals surface area contributed by atoms with Crippen molar-refractivity contribution in [1.29, 1.82) is 0 Å². The van der Waals surface area contributed by atoms with Crippen molar-refractivity contribution in [3.8, 4) is 0 Å². The van der Waals surface area contributed by atoms with Gasteiger partial charge in [-0.05, 0) is 37.5 Å². The Bertz CT molecular complexity index is 528. The molecule has 1 saturated carbocycles. The second-order valence-electron chi connectivity index (χ2n) is 5.66. The predicted molar refractivity (Wildman–Crippen MR) is 90.2 cm³/mol. The number of hydrogen-bond donors (Lipinski definition) is 3. The van der Waals surface area contributed by atoms with Gasteiger partial charge in [0.2, 0.25) is 5.91 Å². The van der Waals surface area contributed by atoms with Gasteiger partial charge in [-0.3, -0.25) is 9.59 Å². The van der Waals surface area contributed by atoms with Crippen LogP contribution in [0.1, 0.15) is 48.0 Å². The van der Waals surface area contributed by atoms with Crippen LogP contribution in [0.2, 0.25) is 0 Å². The van der Waals surface area contributed by atoms with E-state index in [0.717, 1.165) is 18.4 Å². The molecule has 0 bridgehead atoms. The Morgan fingerprint density at radius 2 is 1.91 bits per heavy atom. The molecule has 0 aromatic heterocycles. The standard InChI is InChI=1S/C16H23N3O2.ClH/c1-11-7-8-12(17)9-14(11)16(21)18-10-15(20)19-13-5-3-2-4-6-13;/h7-9,13H,2-6,10,17H2,1H3,(H,18,21)(H,19,20);1H. The molecule has 122 valence electrons. The molecule has 0 atom stereocenters. The zero-order chi connectivity index (χ0) is 15.2. The summed E-state index contributed by atoms with van der Waals surface area (Å²) in [5.74, 6) is -0.393. The van der Waals surface area contributed by atoms with Gasteiger partial charge in [0.25, 0.3) is 5.91 Å². The lowest BCUT2D eigenvalue weighted by Gasteiger charge is -2.22. The summed E-state index contributed by atoms with van der Waals surface area (Å²) < 4.78 is 0. The van der Waals surface area contributed by atoms with Crippen LogP contribution in [0.3, 0.4) is 0 Å². The van der Waals surface area contributed by atoms with E-state index in [-0.39, 0.29) is 36.8 Å². The number of nitrogens with two attached hydrogens (primary N) is 1. The van der Waals surface area contributed by atoms with Gasteiger partial charge in [-0.1, -0.05) is 25.3 Å². The van der Waals surface area contributed by atoms with Gasteiger partial charge in [-0.15, -0.1) is 12.4 Å². The summed E-state index contributed by atoms with van der Waals surface area (Å²) in [4.78, 5) is 23.9. The number of benzene rings is 1. The van der Waals surface area contributed by atoms with Gasteiger partial charge >= 0.3 is 0 Å². The highest BCUT2D eigenvalue weighted by atomic mass is 35.5. The summed E-state index contributed by atoms with van der Waals surface area (Å²) in [5, 5.41) is 5.62. The van der Waals surface area contributed by atoms with Crippen molar-refractivity contribution in [3.05, 3.63) is 29.3 Å². The van der Waals surface area contributed by atoms with E-state index in [1.165, 1.54) is 19.3 Å². The number of anilines is 1. The van der Waals surface area contributed by atoms with Crippen molar-refractivity contribution in [2.45, 2.75) is 45.1 Å². The maximum Gasteiger partial charge on any atom is 0.252 e. The minimum Gasteiger partial charge on any atom is -0.399 e. The molecule has 1 aromatic rings. The average Bonchev–Trinajstić information content (AvgIpc) is 2.48. The van der Waals surface area contributed by atoms with Crippen molar-refractivity contribution in [3.63, 3.8) is 0 Å². The zero-order valence-electron chi connectivity index (χ0n) is 12.9. The Balaban J connectivity index is 0.00000242. The van der Waals surface area contributed by atoms with Gasteiger partial charge in [0.15, 0.2) is 0 Å². The number of carbonyl (C=O) groups excluding carboxylic acids is 2. The molecular weight excluding hydrogens is 302 g/mol. The summed E-state index contributed by atoms with van der Waals surface area (Å²) in [6, 6.07) is 5.44. The first-order chi connectivity index (χ1) is 10.1. The van der Waals surface area contributed by atoms with Crippen LogP contribution in [0.25, 0.3) is 0 Å². The maximum atomic E-state index is 12.1. The molecular formula is C16H24ClN3O2. The minimum absolute atomic E-state index is 0. The molecule has 1 fully saturated rings. The Hall–Kier alpha value is -1.75. The average molecular weight is 326 g/mol. The van der Waals surface area contributed by atoms with Crippen LogP contribution in [-0.4, -0.2) is 24.4 Å². The smallest absolute Gasteiger partial charge is 0.252 e. The molecule has 6 heteroatoms. The van der Waals surface area contributed by atoms with E-state index in [0.29, 0.717) is 11.3 Å². The van der Waals surface area contributed by atoms with Crippen LogP contribution in [0.4, 0.5) is 5.69 Å². The summed E-state index contributed by atoms with van der Waals surface area (Å²) >= 11 is 0. The highest BCUT2D eigenvalue weighted by Gasteiger charge is 2.16. The first-order valence-corrected chi connectivity index (χ1v) is 7.50. The maximum absolute atomic E-state index is 12.1. The van der Waals surface area contributed by atoms with E-state index in [2.05, 4.69) is 10.6 Å². The fraction of sp³-hybridized carbons (Fsp3) is 0.500. The normalized spacial score (nSPS) is 14.8. The molecule has 2 amide bonds. The molecule has 22 heavy (non-hydrogen) atoms. The minimum atomic E-state index is -0.265. The molecule has 0 unspecified atom stereocenters. The van der Waals surface area contributed by atoms with Gasteiger partial charge in [-0.25, -0.2) is 0 Å². The molecule has 0 heterocycles. The summed E-state index contributed by atoms with van der Waals surface area (Å²) in [6.45, 7) is 1.85. The molecule has 4 N–H and O–H groups in total. The molecule has 1 aromatic carbocycles. The van der Waals surface area contributed by atoms with Crippen molar-refractivity contribution < 1.29 is 9.59 Å². The van der Waals surface area contributed by atoms with Crippen LogP contribution < -0.4 is 16.4 Å². The van der Waals surface area contributed by atoms with E-state index in [4.69, 9.17) is 5.73 Å². The zero-order valence-corrected chi connectivity index (χ0v) is 13.7. The van der Waals surface area contributed by atoms with Crippen LogP contribution in [0.5, 0.6) is 0 Å². The number of nitrogens with one attached hydrogen (secondary N) is 2. The molecule has 0 aliphatic heterocycles. The number of nitrogen functional groups attached to an aromatic ring is 1.